The molecule has 148 valence electrons. The molecule has 0 bridgehead atoms. The molecule has 0 aliphatic carbocycles. The molecule has 1 amide bonds. The van der Waals surface area contributed by atoms with E-state index in [1.165, 1.54) is 6.20 Å². The van der Waals surface area contributed by atoms with Gasteiger partial charge in [-0.3, -0.25) is 9.79 Å². The fourth-order valence-electron chi connectivity index (χ4n) is 2.88. The van der Waals surface area contributed by atoms with Crippen LogP contribution in [0.3, 0.4) is 0 Å². The highest BCUT2D eigenvalue weighted by atomic mass is 32.2. The van der Waals surface area contributed by atoms with Crippen LogP contribution in [0.4, 0.5) is 11.5 Å². The molecule has 2 aromatic rings. The van der Waals surface area contributed by atoms with Gasteiger partial charge in [-0.1, -0.05) is 23.9 Å². The number of nitrogens with two attached hydrogens (primary N) is 2. The zero-order valence-electron chi connectivity index (χ0n) is 15.8. The van der Waals surface area contributed by atoms with Crippen LogP contribution in [0, 0.1) is 0 Å². The minimum absolute atomic E-state index is 0.248. The Balaban J connectivity index is 1.68. The standard InChI is InChI=1S/C19H25N7OS/c1-19(6-9-28-18(21)26-19)13-4-2-5-14(10-13)25-17(27)15-11-24-16(12-23-15)22-8-3-7-20/h2,4-5,10-12H,3,6-9,20H2,1H3,(H2,21,26)(H,22,24)(H,25,27). The number of thioether (sulfide) groups is 1. The van der Waals surface area contributed by atoms with Gasteiger partial charge in [-0.15, -0.1) is 0 Å². The highest BCUT2D eigenvalue weighted by molar-refractivity contribution is 8.13. The number of aromatic nitrogens is 2. The Kier molecular flexibility index (Phi) is 6.48. The van der Waals surface area contributed by atoms with Crippen LogP contribution in [0.1, 0.15) is 35.8 Å². The Labute approximate surface area is 168 Å². The first-order chi connectivity index (χ1) is 13.5. The molecule has 1 aromatic heterocycles. The molecule has 0 saturated heterocycles. The summed E-state index contributed by atoms with van der Waals surface area (Å²) in [6, 6.07) is 7.68. The van der Waals surface area contributed by atoms with Crippen molar-refractivity contribution in [2.24, 2.45) is 16.5 Å². The van der Waals surface area contributed by atoms with Crippen LogP contribution >= 0.6 is 11.8 Å². The van der Waals surface area contributed by atoms with Gasteiger partial charge in [0.05, 0.1) is 17.9 Å². The Bertz CT molecular complexity index is 856. The lowest BCUT2D eigenvalue weighted by Crippen LogP contribution is -2.28. The van der Waals surface area contributed by atoms with Crippen molar-refractivity contribution in [3.05, 3.63) is 47.9 Å². The molecule has 0 saturated carbocycles. The molecule has 1 aliphatic heterocycles. The van der Waals surface area contributed by atoms with E-state index in [9.17, 15) is 4.79 Å². The van der Waals surface area contributed by atoms with E-state index < -0.39 is 0 Å². The van der Waals surface area contributed by atoms with E-state index in [2.05, 4.69) is 32.5 Å². The third kappa shape index (κ3) is 4.99. The highest BCUT2D eigenvalue weighted by Crippen LogP contribution is 2.35. The van der Waals surface area contributed by atoms with Gasteiger partial charge in [0.1, 0.15) is 11.5 Å². The minimum atomic E-state index is -0.382. The number of nitrogens with one attached hydrogen (secondary N) is 2. The number of benzene rings is 1. The van der Waals surface area contributed by atoms with Gasteiger partial charge in [-0.05, 0) is 44.0 Å². The molecule has 28 heavy (non-hydrogen) atoms. The first-order valence-electron chi connectivity index (χ1n) is 9.16. The number of aliphatic imine (C=N–C) groups is 1. The summed E-state index contributed by atoms with van der Waals surface area (Å²) in [4.78, 5) is 25.5. The third-order valence-corrected chi connectivity index (χ3v) is 5.30. The van der Waals surface area contributed by atoms with Gasteiger partial charge in [-0.2, -0.15) is 0 Å². The lowest BCUT2D eigenvalue weighted by atomic mass is 9.89. The molecular weight excluding hydrogens is 374 g/mol. The maximum atomic E-state index is 12.5. The molecule has 1 unspecified atom stereocenters. The SMILES string of the molecule is CC1(c2cccc(NC(=O)c3cnc(NCCCN)cn3)c2)CCSC(N)=N1. The second-order valence-corrected chi connectivity index (χ2v) is 7.83. The van der Waals surface area contributed by atoms with Gasteiger partial charge in [0.25, 0.3) is 5.91 Å². The van der Waals surface area contributed by atoms with E-state index >= 15 is 0 Å². The van der Waals surface area contributed by atoms with E-state index in [-0.39, 0.29) is 17.1 Å². The number of anilines is 2. The van der Waals surface area contributed by atoms with Gasteiger partial charge in [-0.25, -0.2) is 9.97 Å². The van der Waals surface area contributed by atoms with Crippen LogP contribution < -0.4 is 22.1 Å². The molecule has 6 N–H and O–H groups in total. The minimum Gasteiger partial charge on any atom is -0.379 e. The van der Waals surface area contributed by atoms with Crippen molar-refractivity contribution in [1.82, 2.24) is 9.97 Å². The molecule has 0 radical (unpaired) electrons. The molecule has 0 spiro atoms. The first-order valence-corrected chi connectivity index (χ1v) is 10.1. The number of rotatable bonds is 7. The second-order valence-electron chi connectivity index (χ2n) is 6.71. The average Bonchev–Trinajstić information content (AvgIpc) is 2.69. The van der Waals surface area contributed by atoms with Crippen molar-refractivity contribution >= 4 is 34.3 Å². The summed E-state index contributed by atoms with van der Waals surface area (Å²) in [5.41, 5.74) is 12.9. The predicted octanol–water partition coefficient (Wildman–Crippen LogP) is 2.16. The lowest BCUT2D eigenvalue weighted by Gasteiger charge is -2.30. The normalized spacial score (nSPS) is 19.0. The third-order valence-electron chi connectivity index (χ3n) is 4.51. The van der Waals surface area contributed by atoms with Crippen LogP contribution in [0.15, 0.2) is 41.7 Å². The van der Waals surface area contributed by atoms with E-state index in [1.807, 2.05) is 24.3 Å². The number of carbonyl (C=O) groups is 1. The molecule has 8 nitrogen and oxygen atoms in total. The molecular formula is C19H25N7OS. The number of hydrogen-bond acceptors (Lipinski definition) is 8. The second kappa shape index (κ2) is 9.03. The molecule has 3 rings (SSSR count). The van der Waals surface area contributed by atoms with Crippen molar-refractivity contribution in [2.45, 2.75) is 25.3 Å². The van der Waals surface area contributed by atoms with Crippen molar-refractivity contribution in [2.75, 3.05) is 29.5 Å². The van der Waals surface area contributed by atoms with Crippen molar-refractivity contribution in [3.63, 3.8) is 0 Å². The van der Waals surface area contributed by atoms with E-state index in [0.717, 1.165) is 24.2 Å². The topological polar surface area (TPSA) is 131 Å². The average molecular weight is 400 g/mol. The number of carbonyl (C=O) groups excluding carboxylic acids is 1. The maximum absolute atomic E-state index is 12.5. The zero-order valence-corrected chi connectivity index (χ0v) is 16.6. The Morgan fingerprint density at radius 2 is 2.18 bits per heavy atom. The molecule has 1 aliphatic rings. The summed E-state index contributed by atoms with van der Waals surface area (Å²) in [5, 5.41) is 6.57. The summed E-state index contributed by atoms with van der Waals surface area (Å²) < 4.78 is 0. The zero-order chi connectivity index (χ0) is 20.0. The van der Waals surface area contributed by atoms with E-state index in [0.29, 0.717) is 29.8 Å². The van der Waals surface area contributed by atoms with Crippen molar-refractivity contribution in [3.8, 4) is 0 Å². The Hall–Kier alpha value is -2.65. The fourth-order valence-corrected chi connectivity index (χ4v) is 3.85. The largest absolute Gasteiger partial charge is 0.379 e. The Morgan fingerprint density at radius 1 is 1.32 bits per heavy atom. The molecule has 0 fully saturated rings. The maximum Gasteiger partial charge on any atom is 0.275 e. The van der Waals surface area contributed by atoms with Crippen LogP contribution in [-0.4, -0.2) is 39.9 Å². The molecule has 9 heteroatoms. The summed E-state index contributed by atoms with van der Waals surface area (Å²) in [5.74, 6) is 1.22. The number of amides is 1. The molecule has 2 heterocycles. The van der Waals surface area contributed by atoms with Crippen molar-refractivity contribution in [1.29, 1.82) is 0 Å². The molecule has 1 aromatic carbocycles. The van der Waals surface area contributed by atoms with Gasteiger partial charge < -0.3 is 22.1 Å². The Morgan fingerprint density at radius 3 is 2.89 bits per heavy atom. The highest BCUT2D eigenvalue weighted by Gasteiger charge is 2.29. The van der Waals surface area contributed by atoms with Gasteiger partial charge in [0, 0.05) is 18.0 Å². The summed E-state index contributed by atoms with van der Waals surface area (Å²) in [7, 11) is 0. The lowest BCUT2D eigenvalue weighted by molar-refractivity contribution is 0.102. The van der Waals surface area contributed by atoms with Gasteiger partial charge in [0.15, 0.2) is 5.17 Å². The van der Waals surface area contributed by atoms with Crippen LogP contribution in [0.5, 0.6) is 0 Å². The smallest absolute Gasteiger partial charge is 0.275 e. The monoisotopic (exact) mass is 399 g/mol. The fraction of sp³-hybridized carbons (Fsp3) is 0.368. The summed E-state index contributed by atoms with van der Waals surface area (Å²) in [6.07, 6.45) is 4.72. The quantitative estimate of drug-likeness (QED) is 0.525. The summed E-state index contributed by atoms with van der Waals surface area (Å²) >= 11 is 1.57. The number of nitrogens with zero attached hydrogens (tertiary/aromatic N) is 3. The van der Waals surface area contributed by atoms with E-state index in [1.54, 1.807) is 18.0 Å². The van der Waals surface area contributed by atoms with Crippen molar-refractivity contribution < 1.29 is 4.79 Å². The van der Waals surface area contributed by atoms with Crippen LogP contribution in [0.2, 0.25) is 0 Å². The number of hydrogen-bond donors (Lipinski definition) is 4. The van der Waals surface area contributed by atoms with Gasteiger partial charge in [0.2, 0.25) is 0 Å². The van der Waals surface area contributed by atoms with Gasteiger partial charge >= 0.3 is 0 Å². The van der Waals surface area contributed by atoms with Crippen LogP contribution in [-0.2, 0) is 5.54 Å². The number of amidine groups is 1. The summed E-state index contributed by atoms with van der Waals surface area (Å²) in [6.45, 7) is 3.38. The van der Waals surface area contributed by atoms with E-state index in [4.69, 9.17) is 11.5 Å². The first kappa shape index (κ1) is 20.1. The van der Waals surface area contributed by atoms with Crippen LogP contribution in [0.25, 0.3) is 0 Å². The predicted molar refractivity (Wildman–Crippen MR) is 115 cm³/mol. The molecule has 1 atom stereocenters.